The van der Waals surface area contributed by atoms with Crippen LogP contribution in [0.25, 0.3) is 0 Å². The van der Waals surface area contributed by atoms with Gasteiger partial charge in [0.2, 0.25) is 0 Å². The average molecular weight is 309 g/mol. The normalized spacial score (nSPS) is 18.4. The summed E-state index contributed by atoms with van der Waals surface area (Å²) in [6.45, 7) is 2.12. The molecule has 23 heavy (non-hydrogen) atoms. The highest BCUT2D eigenvalue weighted by atomic mass is 19.1. The van der Waals surface area contributed by atoms with Gasteiger partial charge in [-0.3, -0.25) is 4.99 Å². The Morgan fingerprint density at radius 3 is 2.70 bits per heavy atom. The number of hydrogen-bond donors (Lipinski definition) is 1. The van der Waals surface area contributed by atoms with Crippen molar-refractivity contribution in [2.45, 2.75) is 12.8 Å². The molecule has 2 aromatic carbocycles. The third kappa shape index (κ3) is 2.75. The van der Waals surface area contributed by atoms with Crippen molar-refractivity contribution in [1.29, 1.82) is 0 Å². The van der Waals surface area contributed by atoms with E-state index in [4.69, 9.17) is 4.99 Å². The number of benzene rings is 2. The van der Waals surface area contributed by atoms with Gasteiger partial charge >= 0.3 is 0 Å². The van der Waals surface area contributed by atoms with Crippen molar-refractivity contribution in [3.8, 4) is 0 Å². The molecular formula is C19H20FN3. The maximum Gasteiger partial charge on any atom is 0.124 e. The van der Waals surface area contributed by atoms with Crippen molar-refractivity contribution in [2.24, 2.45) is 10.9 Å². The van der Waals surface area contributed by atoms with Gasteiger partial charge in [0.05, 0.1) is 17.1 Å². The number of aliphatic imine (C=N–C) groups is 1. The summed E-state index contributed by atoms with van der Waals surface area (Å²) in [5.41, 5.74) is 4.76. The molecule has 0 bridgehead atoms. The summed E-state index contributed by atoms with van der Waals surface area (Å²) < 4.78 is 13.9. The molecule has 1 saturated heterocycles. The van der Waals surface area contributed by atoms with E-state index >= 15 is 0 Å². The summed E-state index contributed by atoms with van der Waals surface area (Å²) in [5.74, 6) is 0.164. The molecular weight excluding hydrogens is 289 g/mol. The van der Waals surface area contributed by atoms with Gasteiger partial charge in [-0.15, -0.1) is 0 Å². The molecule has 2 aliphatic rings. The summed E-state index contributed by atoms with van der Waals surface area (Å²) in [6, 6.07) is 13.0. The average Bonchev–Trinajstić information content (AvgIpc) is 2.72. The lowest BCUT2D eigenvalue weighted by molar-refractivity contribution is 0.252. The van der Waals surface area contributed by atoms with E-state index in [2.05, 4.69) is 17.3 Å². The Morgan fingerprint density at radius 2 is 1.87 bits per heavy atom. The Bertz CT molecular complexity index is 761. The second-order valence-corrected chi connectivity index (χ2v) is 6.41. The van der Waals surface area contributed by atoms with E-state index in [1.807, 2.05) is 30.3 Å². The van der Waals surface area contributed by atoms with E-state index in [-0.39, 0.29) is 5.82 Å². The summed E-state index contributed by atoms with van der Waals surface area (Å²) in [4.78, 5) is 7.28. The summed E-state index contributed by atoms with van der Waals surface area (Å²) >= 11 is 0. The van der Waals surface area contributed by atoms with Crippen molar-refractivity contribution >= 4 is 22.8 Å². The molecule has 3 nitrogen and oxygen atoms in total. The number of fused-ring (bicyclic) bond motifs is 2. The van der Waals surface area contributed by atoms with Gasteiger partial charge in [0.1, 0.15) is 5.82 Å². The van der Waals surface area contributed by atoms with Crippen LogP contribution in [0.1, 0.15) is 18.4 Å². The molecule has 4 rings (SSSR count). The van der Waals surface area contributed by atoms with Gasteiger partial charge < -0.3 is 10.2 Å². The maximum absolute atomic E-state index is 13.9. The number of nitrogens with one attached hydrogen (secondary N) is 1. The Morgan fingerprint density at radius 1 is 1.09 bits per heavy atom. The van der Waals surface area contributed by atoms with Crippen LogP contribution in [0.5, 0.6) is 0 Å². The molecule has 0 spiro atoms. The largest absolute Gasteiger partial charge is 0.353 e. The highest BCUT2D eigenvalue weighted by molar-refractivity contribution is 6.10. The number of para-hydroxylation sites is 2. The molecule has 0 unspecified atom stereocenters. The van der Waals surface area contributed by atoms with E-state index in [1.54, 1.807) is 6.07 Å². The minimum atomic E-state index is -0.211. The van der Waals surface area contributed by atoms with Crippen molar-refractivity contribution < 1.29 is 4.39 Å². The van der Waals surface area contributed by atoms with Crippen molar-refractivity contribution in [2.75, 3.05) is 25.5 Å². The zero-order valence-corrected chi connectivity index (χ0v) is 13.2. The van der Waals surface area contributed by atoms with Crippen LogP contribution in [-0.4, -0.2) is 30.7 Å². The van der Waals surface area contributed by atoms with E-state index < -0.39 is 0 Å². The minimum Gasteiger partial charge on any atom is -0.353 e. The molecule has 1 fully saturated rings. The first-order valence-corrected chi connectivity index (χ1v) is 8.14. The lowest BCUT2D eigenvalue weighted by Gasteiger charge is -2.30. The third-order valence-corrected chi connectivity index (χ3v) is 4.78. The number of halogens is 1. The first kappa shape index (κ1) is 14.4. The fourth-order valence-electron chi connectivity index (χ4n) is 3.44. The van der Waals surface area contributed by atoms with Gasteiger partial charge in [-0.05, 0) is 63.3 Å². The predicted octanol–water partition coefficient (Wildman–Crippen LogP) is 4.35. The molecule has 0 aromatic heterocycles. The van der Waals surface area contributed by atoms with Crippen LogP contribution < -0.4 is 5.32 Å². The Kier molecular flexibility index (Phi) is 3.62. The fraction of sp³-hybridized carbons (Fsp3) is 0.316. The van der Waals surface area contributed by atoms with Crippen LogP contribution in [0.3, 0.4) is 0 Å². The lowest BCUT2D eigenvalue weighted by atomic mass is 9.87. The monoisotopic (exact) mass is 309 g/mol. The molecule has 2 heterocycles. The highest BCUT2D eigenvalue weighted by Crippen LogP contribution is 2.37. The number of nitrogens with zero attached hydrogens (tertiary/aromatic N) is 2. The van der Waals surface area contributed by atoms with Crippen LogP contribution in [0.4, 0.5) is 21.5 Å². The Hall–Kier alpha value is -2.20. The van der Waals surface area contributed by atoms with Crippen LogP contribution in [0.15, 0.2) is 47.5 Å². The standard InChI is InChI=1S/C19H20FN3/c1-23-10-8-13(9-11-23)19-15-12-14(20)6-7-16(15)21-17-4-2-3-5-18(17)22-19/h2-7,12-13,21H,8-11H2,1H3. The zero-order valence-electron chi connectivity index (χ0n) is 13.2. The van der Waals surface area contributed by atoms with Crippen molar-refractivity contribution in [3.63, 3.8) is 0 Å². The molecule has 118 valence electrons. The Labute approximate surface area is 135 Å². The van der Waals surface area contributed by atoms with Crippen LogP contribution in [0, 0.1) is 11.7 Å². The minimum absolute atomic E-state index is 0.211. The number of likely N-dealkylation sites (tertiary alicyclic amines) is 1. The molecule has 0 atom stereocenters. The van der Waals surface area contributed by atoms with Gasteiger partial charge in [-0.1, -0.05) is 12.1 Å². The molecule has 1 N–H and O–H groups in total. The smallest absolute Gasteiger partial charge is 0.124 e. The fourth-order valence-corrected chi connectivity index (χ4v) is 3.44. The van der Waals surface area contributed by atoms with E-state index in [1.165, 1.54) is 6.07 Å². The maximum atomic E-state index is 13.9. The molecule has 0 radical (unpaired) electrons. The number of piperidine rings is 1. The van der Waals surface area contributed by atoms with Crippen LogP contribution >= 0.6 is 0 Å². The van der Waals surface area contributed by atoms with Gasteiger partial charge in [-0.2, -0.15) is 0 Å². The SMILES string of the molecule is CN1CCC(C2=Nc3ccccc3Nc3ccc(F)cc32)CC1. The lowest BCUT2D eigenvalue weighted by Crippen LogP contribution is -2.34. The van der Waals surface area contributed by atoms with E-state index in [9.17, 15) is 4.39 Å². The first-order chi connectivity index (χ1) is 11.2. The molecule has 0 saturated carbocycles. The zero-order chi connectivity index (χ0) is 15.8. The van der Waals surface area contributed by atoms with Crippen LogP contribution in [-0.2, 0) is 0 Å². The first-order valence-electron chi connectivity index (χ1n) is 8.14. The molecule has 2 aliphatic heterocycles. The van der Waals surface area contributed by atoms with Gasteiger partial charge in [-0.25, -0.2) is 4.39 Å². The molecule has 0 amide bonds. The second kappa shape index (κ2) is 5.78. The quantitative estimate of drug-likeness (QED) is 0.848. The van der Waals surface area contributed by atoms with Crippen LogP contribution in [0.2, 0.25) is 0 Å². The molecule has 4 heteroatoms. The number of anilines is 2. The molecule has 2 aromatic rings. The highest BCUT2D eigenvalue weighted by Gasteiger charge is 2.26. The number of rotatable bonds is 1. The summed E-state index contributed by atoms with van der Waals surface area (Å²) in [7, 11) is 2.15. The second-order valence-electron chi connectivity index (χ2n) is 6.41. The van der Waals surface area contributed by atoms with Gasteiger partial charge in [0.15, 0.2) is 0 Å². The van der Waals surface area contributed by atoms with Gasteiger partial charge in [0, 0.05) is 17.2 Å². The van der Waals surface area contributed by atoms with Crippen molar-refractivity contribution in [3.05, 3.63) is 53.8 Å². The Balaban J connectivity index is 1.84. The van der Waals surface area contributed by atoms with Crippen molar-refractivity contribution in [1.82, 2.24) is 4.90 Å². The predicted molar refractivity (Wildman–Crippen MR) is 92.5 cm³/mol. The number of hydrogen-bond acceptors (Lipinski definition) is 3. The molecule has 0 aliphatic carbocycles. The van der Waals surface area contributed by atoms with E-state index in [0.29, 0.717) is 5.92 Å². The summed E-state index contributed by atoms with van der Waals surface area (Å²) in [5, 5.41) is 3.42. The van der Waals surface area contributed by atoms with Gasteiger partial charge in [0.25, 0.3) is 0 Å². The third-order valence-electron chi connectivity index (χ3n) is 4.78. The summed E-state index contributed by atoms with van der Waals surface area (Å²) in [6.07, 6.45) is 2.13. The topological polar surface area (TPSA) is 27.6 Å². The van der Waals surface area contributed by atoms with E-state index in [0.717, 1.165) is 54.3 Å².